The Hall–Kier alpha value is -1.71. The molecule has 0 bridgehead atoms. The van der Waals surface area contributed by atoms with Crippen LogP contribution in [0.15, 0.2) is 18.2 Å². The van der Waals surface area contributed by atoms with Gasteiger partial charge in [-0.1, -0.05) is 19.9 Å². The highest BCUT2D eigenvalue weighted by molar-refractivity contribution is 5.98. The Morgan fingerprint density at radius 2 is 2.10 bits per heavy atom. The smallest absolute Gasteiger partial charge is 0.255 e. The second kappa shape index (κ2) is 5.00. The number of carbonyl (C=O) groups is 1. The van der Waals surface area contributed by atoms with Crippen LogP contribution in [0.25, 0.3) is 0 Å². The van der Waals surface area contributed by atoms with Crippen molar-refractivity contribution in [3.8, 4) is 11.5 Å². The minimum absolute atomic E-state index is 0.0601. The maximum Gasteiger partial charge on any atom is 0.255 e. The van der Waals surface area contributed by atoms with Crippen LogP contribution in [0.4, 0.5) is 0 Å². The van der Waals surface area contributed by atoms with Crippen LogP contribution in [0.3, 0.4) is 0 Å². The first kappa shape index (κ1) is 13.3. The zero-order valence-electron chi connectivity index (χ0n) is 12.1. The van der Waals surface area contributed by atoms with Gasteiger partial charge >= 0.3 is 0 Å². The van der Waals surface area contributed by atoms with E-state index < -0.39 is 0 Å². The Balaban J connectivity index is 1.75. The van der Waals surface area contributed by atoms with Crippen molar-refractivity contribution in [3.63, 3.8) is 0 Å². The van der Waals surface area contributed by atoms with E-state index in [1.54, 1.807) is 6.07 Å². The first-order chi connectivity index (χ1) is 9.55. The summed E-state index contributed by atoms with van der Waals surface area (Å²) in [7, 11) is 0. The molecule has 1 unspecified atom stereocenters. The number of ether oxygens (including phenoxy) is 2. The molecule has 20 heavy (non-hydrogen) atoms. The van der Waals surface area contributed by atoms with E-state index in [2.05, 4.69) is 19.2 Å². The lowest BCUT2D eigenvalue weighted by atomic mass is 9.92. The third-order valence-corrected chi connectivity index (χ3v) is 4.11. The fourth-order valence-electron chi connectivity index (χ4n) is 3.08. The molecule has 1 saturated carbocycles. The SMILES string of the molecule is CC1(C)CCC(NC(=O)c2cccc3c2OCCO3)C1. The first-order valence-electron chi connectivity index (χ1n) is 7.25. The number of fused-ring (bicyclic) bond motifs is 1. The topological polar surface area (TPSA) is 47.6 Å². The molecule has 1 aromatic carbocycles. The molecule has 4 nitrogen and oxygen atoms in total. The Morgan fingerprint density at radius 3 is 2.85 bits per heavy atom. The predicted molar refractivity (Wildman–Crippen MR) is 76.3 cm³/mol. The highest BCUT2D eigenvalue weighted by atomic mass is 16.6. The summed E-state index contributed by atoms with van der Waals surface area (Å²) in [4.78, 5) is 12.4. The number of hydrogen-bond acceptors (Lipinski definition) is 3. The van der Waals surface area contributed by atoms with Crippen LogP contribution in [0.5, 0.6) is 11.5 Å². The van der Waals surface area contributed by atoms with Crippen molar-refractivity contribution in [2.75, 3.05) is 13.2 Å². The highest BCUT2D eigenvalue weighted by Gasteiger charge is 2.32. The van der Waals surface area contributed by atoms with Crippen LogP contribution >= 0.6 is 0 Å². The number of hydrogen-bond donors (Lipinski definition) is 1. The molecular weight excluding hydrogens is 254 g/mol. The van der Waals surface area contributed by atoms with Crippen LogP contribution in [0.2, 0.25) is 0 Å². The Morgan fingerprint density at radius 1 is 1.30 bits per heavy atom. The minimum Gasteiger partial charge on any atom is -0.486 e. The van der Waals surface area contributed by atoms with E-state index in [0.29, 0.717) is 35.7 Å². The molecule has 3 rings (SSSR count). The third-order valence-electron chi connectivity index (χ3n) is 4.11. The van der Waals surface area contributed by atoms with E-state index in [1.807, 2.05) is 12.1 Å². The van der Waals surface area contributed by atoms with Gasteiger partial charge in [-0.2, -0.15) is 0 Å². The summed E-state index contributed by atoms with van der Waals surface area (Å²) in [6, 6.07) is 5.73. The molecule has 1 amide bonds. The first-order valence-corrected chi connectivity index (χ1v) is 7.25. The summed E-state index contributed by atoms with van der Waals surface area (Å²) in [5.41, 5.74) is 0.903. The van der Waals surface area contributed by atoms with E-state index >= 15 is 0 Å². The zero-order chi connectivity index (χ0) is 14.2. The van der Waals surface area contributed by atoms with Crippen LogP contribution in [-0.4, -0.2) is 25.2 Å². The average Bonchev–Trinajstić information content (AvgIpc) is 2.77. The van der Waals surface area contributed by atoms with E-state index in [9.17, 15) is 4.79 Å². The second-order valence-electron chi connectivity index (χ2n) is 6.41. The van der Waals surface area contributed by atoms with Crippen LogP contribution < -0.4 is 14.8 Å². The van der Waals surface area contributed by atoms with Gasteiger partial charge in [-0.25, -0.2) is 0 Å². The fourth-order valence-corrected chi connectivity index (χ4v) is 3.08. The van der Waals surface area contributed by atoms with Crippen molar-refractivity contribution in [1.29, 1.82) is 0 Å². The summed E-state index contributed by atoms with van der Waals surface area (Å²) in [5.74, 6) is 1.18. The molecule has 1 aliphatic heterocycles. The monoisotopic (exact) mass is 275 g/mol. The van der Waals surface area contributed by atoms with Gasteiger partial charge in [0.25, 0.3) is 5.91 Å². The molecule has 1 atom stereocenters. The van der Waals surface area contributed by atoms with E-state index in [-0.39, 0.29) is 11.9 Å². The maximum atomic E-state index is 12.4. The summed E-state index contributed by atoms with van der Waals surface area (Å²) in [6.07, 6.45) is 3.24. The number of amides is 1. The highest BCUT2D eigenvalue weighted by Crippen LogP contribution is 2.38. The fraction of sp³-hybridized carbons (Fsp3) is 0.562. The van der Waals surface area contributed by atoms with Gasteiger partial charge in [0.1, 0.15) is 13.2 Å². The lowest BCUT2D eigenvalue weighted by Gasteiger charge is -2.22. The van der Waals surface area contributed by atoms with Gasteiger partial charge in [0.15, 0.2) is 11.5 Å². The molecule has 0 spiro atoms. The van der Waals surface area contributed by atoms with Gasteiger partial charge in [-0.3, -0.25) is 4.79 Å². The van der Waals surface area contributed by atoms with Crippen molar-refractivity contribution in [2.24, 2.45) is 5.41 Å². The van der Waals surface area contributed by atoms with Crippen LogP contribution in [0, 0.1) is 5.41 Å². The molecule has 1 aromatic rings. The Labute approximate surface area is 119 Å². The van der Waals surface area contributed by atoms with E-state index in [1.165, 1.54) is 0 Å². The number of rotatable bonds is 2. The molecule has 0 aromatic heterocycles. The van der Waals surface area contributed by atoms with Gasteiger partial charge in [-0.15, -0.1) is 0 Å². The zero-order valence-corrected chi connectivity index (χ0v) is 12.1. The summed E-state index contributed by atoms with van der Waals surface area (Å²) in [6.45, 7) is 5.53. The van der Waals surface area contributed by atoms with Gasteiger partial charge in [0.2, 0.25) is 0 Å². The molecule has 4 heteroatoms. The van der Waals surface area contributed by atoms with Gasteiger partial charge in [-0.05, 0) is 36.8 Å². The molecule has 1 aliphatic carbocycles. The minimum atomic E-state index is -0.0601. The number of para-hydroxylation sites is 1. The van der Waals surface area contributed by atoms with Gasteiger partial charge < -0.3 is 14.8 Å². The number of benzene rings is 1. The third kappa shape index (κ3) is 2.60. The largest absolute Gasteiger partial charge is 0.486 e. The van der Waals surface area contributed by atoms with Gasteiger partial charge in [0.05, 0.1) is 5.56 Å². The predicted octanol–water partition coefficient (Wildman–Crippen LogP) is 2.77. The normalized spacial score (nSPS) is 23.4. The standard InChI is InChI=1S/C16H21NO3/c1-16(2)7-6-11(10-16)17-15(18)12-4-3-5-13-14(12)20-9-8-19-13/h3-5,11H,6-10H2,1-2H3,(H,17,18). The molecule has 1 N–H and O–H groups in total. The number of nitrogens with one attached hydrogen (secondary N) is 1. The van der Waals surface area contributed by atoms with Crippen molar-refractivity contribution < 1.29 is 14.3 Å². The second-order valence-corrected chi connectivity index (χ2v) is 6.41. The quantitative estimate of drug-likeness (QED) is 0.902. The molecule has 0 saturated heterocycles. The molecule has 1 fully saturated rings. The summed E-state index contributed by atoms with van der Waals surface area (Å²) < 4.78 is 11.1. The molecule has 2 aliphatic rings. The van der Waals surface area contributed by atoms with E-state index in [0.717, 1.165) is 19.3 Å². The molecule has 0 radical (unpaired) electrons. The van der Waals surface area contributed by atoms with Crippen molar-refractivity contribution in [2.45, 2.75) is 39.2 Å². The Bertz CT molecular complexity index is 524. The van der Waals surface area contributed by atoms with Crippen LogP contribution in [-0.2, 0) is 0 Å². The van der Waals surface area contributed by atoms with Gasteiger partial charge in [0, 0.05) is 6.04 Å². The van der Waals surface area contributed by atoms with Crippen LogP contribution in [0.1, 0.15) is 43.5 Å². The summed E-state index contributed by atoms with van der Waals surface area (Å²) >= 11 is 0. The van der Waals surface area contributed by atoms with Crippen molar-refractivity contribution in [1.82, 2.24) is 5.32 Å². The van der Waals surface area contributed by atoms with E-state index in [4.69, 9.17) is 9.47 Å². The van der Waals surface area contributed by atoms with Crippen molar-refractivity contribution in [3.05, 3.63) is 23.8 Å². The lowest BCUT2D eigenvalue weighted by molar-refractivity contribution is 0.0925. The Kier molecular flexibility index (Phi) is 3.32. The summed E-state index contributed by atoms with van der Waals surface area (Å²) in [5, 5.41) is 3.13. The van der Waals surface area contributed by atoms with Crippen molar-refractivity contribution >= 4 is 5.91 Å². The molecule has 108 valence electrons. The number of carbonyl (C=O) groups excluding carboxylic acids is 1. The lowest BCUT2D eigenvalue weighted by Crippen LogP contribution is -2.34. The average molecular weight is 275 g/mol. The maximum absolute atomic E-state index is 12.4. The molecular formula is C16H21NO3. The molecule has 1 heterocycles.